The molecule has 2 atom stereocenters. The molecule has 23 heavy (non-hydrogen) atoms. The Morgan fingerprint density at radius 3 is 2.57 bits per heavy atom. The van der Waals surface area contributed by atoms with Crippen molar-refractivity contribution in [2.45, 2.75) is 46.4 Å². The summed E-state index contributed by atoms with van der Waals surface area (Å²) in [6.07, 6.45) is 1.83. The van der Waals surface area contributed by atoms with Crippen molar-refractivity contribution in [2.24, 2.45) is 0 Å². The third-order valence-electron chi connectivity index (χ3n) is 4.40. The third-order valence-corrected chi connectivity index (χ3v) is 4.40. The van der Waals surface area contributed by atoms with Gasteiger partial charge in [-0.1, -0.05) is 0 Å². The van der Waals surface area contributed by atoms with Crippen LogP contribution >= 0.6 is 0 Å². The third kappa shape index (κ3) is 3.20. The van der Waals surface area contributed by atoms with Crippen LogP contribution in [0.1, 0.15) is 41.4 Å². The predicted octanol–water partition coefficient (Wildman–Crippen LogP) is 3.00. The van der Waals surface area contributed by atoms with Crippen molar-refractivity contribution >= 4 is 5.91 Å². The first kappa shape index (κ1) is 15.9. The molecule has 0 unspecified atom stereocenters. The van der Waals surface area contributed by atoms with E-state index in [0.29, 0.717) is 19.6 Å². The Balaban J connectivity index is 1.84. The molecule has 0 aromatic carbocycles. The topological polar surface area (TPSA) is 47.6 Å². The maximum Gasteiger partial charge on any atom is 0.255 e. The van der Waals surface area contributed by atoms with Gasteiger partial charge in [0.05, 0.1) is 30.6 Å². The lowest BCUT2D eigenvalue weighted by atomic mass is 10.1. The van der Waals surface area contributed by atoms with Gasteiger partial charge < -0.3 is 18.6 Å². The molecule has 3 rings (SSSR count). The van der Waals surface area contributed by atoms with Crippen LogP contribution in [0, 0.1) is 13.8 Å². The van der Waals surface area contributed by atoms with Gasteiger partial charge in [0.15, 0.2) is 0 Å². The van der Waals surface area contributed by atoms with E-state index in [1.54, 1.807) is 6.26 Å². The van der Waals surface area contributed by atoms with Crippen LogP contribution in [0.25, 0.3) is 0 Å². The highest BCUT2D eigenvalue weighted by atomic mass is 16.5. The zero-order chi connectivity index (χ0) is 16.6. The molecule has 2 aromatic rings. The van der Waals surface area contributed by atoms with E-state index in [4.69, 9.17) is 9.15 Å². The number of carbonyl (C=O) groups excluding carboxylic acids is 1. The van der Waals surface area contributed by atoms with E-state index < -0.39 is 0 Å². The number of aromatic nitrogens is 1. The Morgan fingerprint density at radius 1 is 1.26 bits per heavy atom. The Kier molecular flexibility index (Phi) is 4.31. The van der Waals surface area contributed by atoms with Crippen molar-refractivity contribution in [2.75, 3.05) is 13.1 Å². The van der Waals surface area contributed by atoms with E-state index in [2.05, 4.69) is 4.57 Å². The van der Waals surface area contributed by atoms with Crippen LogP contribution in [0.2, 0.25) is 0 Å². The number of hydrogen-bond donors (Lipinski definition) is 0. The fourth-order valence-corrected chi connectivity index (χ4v) is 3.33. The molecule has 0 saturated carbocycles. The number of amides is 1. The minimum Gasteiger partial charge on any atom is -0.467 e. The molecule has 0 radical (unpaired) electrons. The van der Waals surface area contributed by atoms with E-state index in [9.17, 15) is 4.79 Å². The van der Waals surface area contributed by atoms with E-state index in [1.165, 1.54) is 0 Å². The number of morpholine rings is 1. The summed E-state index contributed by atoms with van der Waals surface area (Å²) in [5.74, 6) is 0.977. The van der Waals surface area contributed by atoms with Crippen LogP contribution in [0.3, 0.4) is 0 Å². The average Bonchev–Trinajstić information content (AvgIpc) is 3.09. The van der Waals surface area contributed by atoms with Gasteiger partial charge in [0, 0.05) is 24.5 Å². The monoisotopic (exact) mass is 316 g/mol. The van der Waals surface area contributed by atoms with E-state index >= 15 is 0 Å². The second kappa shape index (κ2) is 6.24. The molecular weight excluding hydrogens is 292 g/mol. The van der Waals surface area contributed by atoms with Crippen molar-refractivity contribution in [3.8, 4) is 0 Å². The molecule has 0 N–H and O–H groups in total. The Morgan fingerprint density at radius 2 is 1.96 bits per heavy atom. The predicted molar refractivity (Wildman–Crippen MR) is 87.6 cm³/mol. The minimum atomic E-state index is 0.0781. The number of furan rings is 1. The van der Waals surface area contributed by atoms with Gasteiger partial charge in [-0.2, -0.15) is 0 Å². The van der Waals surface area contributed by atoms with Crippen molar-refractivity contribution in [3.05, 3.63) is 47.2 Å². The maximum atomic E-state index is 12.9. The second-order valence-electron chi connectivity index (χ2n) is 6.42. The Labute approximate surface area is 136 Å². The molecule has 0 aliphatic carbocycles. The van der Waals surface area contributed by atoms with Crippen molar-refractivity contribution in [1.29, 1.82) is 0 Å². The standard InChI is InChI=1S/C18H24N2O3/c1-12-8-17(15(4)20(12)11-16-6-5-7-22-16)18(21)19-9-13(2)23-14(3)10-19/h5-8,13-14H,9-11H2,1-4H3/t13-,14-/m1/s1. The largest absolute Gasteiger partial charge is 0.467 e. The molecule has 1 fully saturated rings. The molecule has 1 aliphatic rings. The fraction of sp³-hybridized carbons (Fsp3) is 0.500. The number of carbonyl (C=O) groups is 1. The SMILES string of the molecule is Cc1cc(C(=O)N2C[C@@H](C)O[C@H](C)C2)c(C)n1Cc1ccco1. The van der Waals surface area contributed by atoms with Crippen molar-refractivity contribution in [1.82, 2.24) is 9.47 Å². The Bertz CT molecular complexity index is 677. The fourth-order valence-electron chi connectivity index (χ4n) is 3.33. The van der Waals surface area contributed by atoms with Crippen LogP contribution in [0.5, 0.6) is 0 Å². The highest BCUT2D eigenvalue weighted by Crippen LogP contribution is 2.21. The first-order valence-electron chi connectivity index (χ1n) is 8.09. The van der Waals surface area contributed by atoms with Gasteiger partial charge >= 0.3 is 0 Å². The van der Waals surface area contributed by atoms with Crippen LogP contribution in [-0.2, 0) is 11.3 Å². The lowest BCUT2D eigenvalue weighted by molar-refractivity contribution is -0.0586. The molecule has 0 spiro atoms. The zero-order valence-electron chi connectivity index (χ0n) is 14.2. The summed E-state index contributed by atoms with van der Waals surface area (Å²) in [6, 6.07) is 5.81. The van der Waals surface area contributed by atoms with Gasteiger partial charge in [-0.15, -0.1) is 0 Å². The van der Waals surface area contributed by atoms with Crippen molar-refractivity contribution in [3.63, 3.8) is 0 Å². The molecule has 0 bridgehead atoms. The van der Waals surface area contributed by atoms with Gasteiger partial charge in [-0.3, -0.25) is 4.79 Å². The summed E-state index contributed by atoms with van der Waals surface area (Å²) < 4.78 is 13.3. The minimum absolute atomic E-state index is 0.0781. The zero-order valence-corrected chi connectivity index (χ0v) is 14.2. The average molecular weight is 316 g/mol. The number of hydrogen-bond acceptors (Lipinski definition) is 3. The number of nitrogens with zero attached hydrogens (tertiary/aromatic N) is 2. The first-order valence-corrected chi connectivity index (χ1v) is 8.09. The summed E-state index contributed by atoms with van der Waals surface area (Å²) in [6.45, 7) is 9.98. The highest BCUT2D eigenvalue weighted by Gasteiger charge is 2.28. The molecule has 1 amide bonds. The van der Waals surface area contributed by atoms with Crippen LogP contribution in [0.4, 0.5) is 0 Å². The smallest absolute Gasteiger partial charge is 0.255 e. The van der Waals surface area contributed by atoms with Gasteiger partial charge in [0.25, 0.3) is 5.91 Å². The van der Waals surface area contributed by atoms with E-state index in [-0.39, 0.29) is 18.1 Å². The van der Waals surface area contributed by atoms with Gasteiger partial charge in [0.1, 0.15) is 5.76 Å². The summed E-state index contributed by atoms with van der Waals surface area (Å²) >= 11 is 0. The van der Waals surface area contributed by atoms with E-state index in [0.717, 1.165) is 22.7 Å². The normalized spacial score (nSPS) is 21.7. The van der Waals surface area contributed by atoms with Crippen LogP contribution in [0.15, 0.2) is 28.9 Å². The van der Waals surface area contributed by atoms with Crippen LogP contribution in [-0.4, -0.2) is 40.7 Å². The number of ether oxygens (including phenoxy) is 1. The Hall–Kier alpha value is -2.01. The van der Waals surface area contributed by atoms with Crippen molar-refractivity contribution < 1.29 is 13.9 Å². The molecule has 1 aliphatic heterocycles. The van der Waals surface area contributed by atoms with Gasteiger partial charge in [-0.05, 0) is 45.9 Å². The summed E-state index contributed by atoms with van der Waals surface area (Å²) in [4.78, 5) is 14.8. The molecule has 1 saturated heterocycles. The maximum absolute atomic E-state index is 12.9. The summed E-state index contributed by atoms with van der Waals surface area (Å²) in [5.41, 5.74) is 2.82. The quantitative estimate of drug-likeness (QED) is 0.874. The summed E-state index contributed by atoms with van der Waals surface area (Å²) in [7, 11) is 0. The molecule has 3 heterocycles. The molecular formula is C18H24N2O3. The number of rotatable bonds is 3. The summed E-state index contributed by atoms with van der Waals surface area (Å²) in [5, 5.41) is 0. The molecule has 2 aromatic heterocycles. The van der Waals surface area contributed by atoms with E-state index in [1.807, 2.05) is 50.8 Å². The lowest BCUT2D eigenvalue weighted by Gasteiger charge is -2.35. The second-order valence-corrected chi connectivity index (χ2v) is 6.42. The van der Waals surface area contributed by atoms with Gasteiger partial charge in [0.2, 0.25) is 0 Å². The number of aryl methyl sites for hydroxylation is 1. The molecule has 124 valence electrons. The lowest BCUT2D eigenvalue weighted by Crippen LogP contribution is -2.48. The molecule has 5 nitrogen and oxygen atoms in total. The molecule has 5 heteroatoms. The van der Waals surface area contributed by atoms with Crippen LogP contribution < -0.4 is 0 Å². The highest BCUT2D eigenvalue weighted by molar-refractivity contribution is 5.95. The first-order chi connectivity index (χ1) is 11.0. The van der Waals surface area contributed by atoms with Gasteiger partial charge in [-0.25, -0.2) is 0 Å².